The number of nitrogens with two attached hydrogens (primary N) is 1. The van der Waals surface area contributed by atoms with Gasteiger partial charge in [0.05, 0.1) is 7.11 Å². The normalized spacial score (nSPS) is 24.8. The topological polar surface area (TPSA) is 50.5 Å². The standard InChI is InChI=1S/C14H23N3O/c1-10-9-17(2)5-4-14(10)16-12-6-11(15)7-13(8-12)18-3/h6-8,10,14,16H,4-5,9,15H2,1-3H3. The van der Waals surface area contributed by atoms with Gasteiger partial charge in [0.1, 0.15) is 5.75 Å². The summed E-state index contributed by atoms with van der Waals surface area (Å²) >= 11 is 0. The van der Waals surface area contributed by atoms with Gasteiger partial charge in [0.25, 0.3) is 0 Å². The molecule has 3 N–H and O–H groups in total. The van der Waals surface area contributed by atoms with E-state index in [1.54, 1.807) is 7.11 Å². The maximum Gasteiger partial charge on any atom is 0.122 e. The highest BCUT2D eigenvalue weighted by Crippen LogP contribution is 2.26. The molecule has 2 unspecified atom stereocenters. The molecule has 1 fully saturated rings. The Morgan fingerprint density at radius 3 is 2.83 bits per heavy atom. The highest BCUT2D eigenvalue weighted by molar-refractivity contribution is 5.59. The van der Waals surface area contributed by atoms with E-state index in [1.807, 2.05) is 18.2 Å². The number of nitrogens with zero attached hydrogens (tertiary/aromatic N) is 1. The van der Waals surface area contributed by atoms with Gasteiger partial charge in [-0.05, 0) is 32.0 Å². The number of likely N-dealkylation sites (tertiary alicyclic amines) is 1. The van der Waals surface area contributed by atoms with E-state index >= 15 is 0 Å². The van der Waals surface area contributed by atoms with Gasteiger partial charge in [-0.1, -0.05) is 6.92 Å². The second kappa shape index (κ2) is 5.48. The molecule has 18 heavy (non-hydrogen) atoms. The molecule has 0 amide bonds. The zero-order chi connectivity index (χ0) is 13.1. The molecule has 1 heterocycles. The van der Waals surface area contributed by atoms with Crippen molar-refractivity contribution >= 4 is 11.4 Å². The van der Waals surface area contributed by atoms with Crippen molar-refractivity contribution in [1.29, 1.82) is 0 Å². The number of nitrogen functional groups attached to an aromatic ring is 1. The van der Waals surface area contributed by atoms with Crippen molar-refractivity contribution in [3.05, 3.63) is 18.2 Å². The minimum atomic E-state index is 0.507. The number of rotatable bonds is 3. The van der Waals surface area contributed by atoms with Gasteiger partial charge < -0.3 is 20.7 Å². The first-order valence-electron chi connectivity index (χ1n) is 6.48. The van der Waals surface area contributed by atoms with Crippen LogP contribution in [-0.2, 0) is 0 Å². The molecule has 2 rings (SSSR count). The molecule has 1 saturated heterocycles. The van der Waals surface area contributed by atoms with Crippen LogP contribution in [0.5, 0.6) is 5.75 Å². The summed E-state index contributed by atoms with van der Waals surface area (Å²) in [4.78, 5) is 2.38. The molecule has 1 aliphatic heterocycles. The largest absolute Gasteiger partial charge is 0.497 e. The summed E-state index contributed by atoms with van der Waals surface area (Å²) in [6.07, 6.45) is 1.16. The van der Waals surface area contributed by atoms with E-state index in [4.69, 9.17) is 10.5 Å². The Kier molecular flexibility index (Phi) is 3.97. The van der Waals surface area contributed by atoms with Gasteiger partial charge in [0.2, 0.25) is 0 Å². The minimum absolute atomic E-state index is 0.507. The number of benzene rings is 1. The first-order valence-corrected chi connectivity index (χ1v) is 6.48. The number of methoxy groups -OCH3 is 1. The van der Waals surface area contributed by atoms with E-state index in [-0.39, 0.29) is 0 Å². The molecule has 0 aliphatic carbocycles. The van der Waals surface area contributed by atoms with E-state index < -0.39 is 0 Å². The third kappa shape index (κ3) is 3.07. The number of hydrogen-bond donors (Lipinski definition) is 2. The molecule has 1 aliphatic rings. The Morgan fingerprint density at radius 2 is 2.17 bits per heavy atom. The first-order chi connectivity index (χ1) is 8.58. The molecule has 4 nitrogen and oxygen atoms in total. The maximum absolute atomic E-state index is 5.87. The van der Waals surface area contributed by atoms with Gasteiger partial charge in [-0.25, -0.2) is 0 Å². The van der Waals surface area contributed by atoms with Crippen LogP contribution in [0.1, 0.15) is 13.3 Å². The van der Waals surface area contributed by atoms with Crippen LogP contribution in [0.15, 0.2) is 18.2 Å². The van der Waals surface area contributed by atoms with Gasteiger partial charge in [-0.2, -0.15) is 0 Å². The predicted molar refractivity (Wildman–Crippen MR) is 76.1 cm³/mol. The van der Waals surface area contributed by atoms with Gasteiger partial charge in [0, 0.05) is 36.1 Å². The van der Waals surface area contributed by atoms with Gasteiger partial charge in [-0.15, -0.1) is 0 Å². The van der Waals surface area contributed by atoms with Crippen LogP contribution in [0, 0.1) is 5.92 Å². The average molecular weight is 249 g/mol. The highest BCUT2D eigenvalue weighted by Gasteiger charge is 2.23. The van der Waals surface area contributed by atoms with E-state index in [1.165, 1.54) is 0 Å². The summed E-state index contributed by atoms with van der Waals surface area (Å²) in [6, 6.07) is 6.31. The third-order valence-corrected chi connectivity index (χ3v) is 3.62. The predicted octanol–water partition coefficient (Wildman–Crippen LogP) is 2.03. The fourth-order valence-corrected chi connectivity index (χ4v) is 2.61. The quantitative estimate of drug-likeness (QED) is 0.805. The van der Waals surface area contributed by atoms with Crippen LogP contribution in [0.2, 0.25) is 0 Å². The van der Waals surface area contributed by atoms with E-state index in [0.29, 0.717) is 12.0 Å². The second-order valence-corrected chi connectivity index (χ2v) is 5.27. The third-order valence-electron chi connectivity index (χ3n) is 3.62. The van der Waals surface area contributed by atoms with Gasteiger partial charge in [0.15, 0.2) is 0 Å². The van der Waals surface area contributed by atoms with Crippen LogP contribution in [0.25, 0.3) is 0 Å². The Bertz CT molecular complexity index is 408. The molecule has 0 saturated carbocycles. The number of ether oxygens (including phenoxy) is 1. The summed E-state index contributed by atoms with van der Waals surface area (Å²) in [6.45, 7) is 4.56. The monoisotopic (exact) mass is 249 g/mol. The van der Waals surface area contributed by atoms with Gasteiger partial charge in [-0.3, -0.25) is 0 Å². The van der Waals surface area contributed by atoms with Crippen molar-refractivity contribution in [2.24, 2.45) is 5.92 Å². The summed E-state index contributed by atoms with van der Waals surface area (Å²) in [5, 5.41) is 3.58. The summed E-state index contributed by atoms with van der Waals surface area (Å²) < 4.78 is 5.24. The summed E-state index contributed by atoms with van der Waals surface area (Å²) in [5.41, 5.74) is 7.65. The van der Waals surface area contributed by atoms with Crippen molar-refractivity contribution in [3.63, 3.8) is 0 Å². The molecule has 0 aromatic heterocycles. The Hall–Kier alpha value is -1.42. The molecule has 4 heteroatoms. The first kappa shape index (κ1) is 13.0. The Labute approximate surface area is 109 Å². The Morgan fingerprint density at radius 1 is 1.39 bits per heavy atom. The maximum atomic E-state index is 5.87. The fourth-order valence-electron chi connectivity index (χ4n) is 2.61. The summed E-state index contributed by atoms with van der Waals surface area (Å²) in [7, 11) is 3.84. The molecular weight excluding hydrogens is 226 g/mol. The smallest absolute Gasteiger partial charge is 0.122 e. The van der Waals surface area contributed by atoms with E-state index in [0.717, 1.165) is 36.6 Å². The lowest BCUT2D eigenvalue weighted by Crippen LogP contribution is -2.43. The van der Waals surface area contributed by atoms with Crippen LogP contribution in [-0.4, -0.2) is 38.2 Å². The molecule has 1 aromatic rings. The van der Waals surface area contributed by atoms with Crippen molar-refractivity contribution in [2.45, 2.75) is 19.4 Å². The zero-order valence-corrected chi connectivity index (χ0v) is 11.4. The molecular formula is C14H23N3O. The molecule has 0 bridgehead atoms. The number of nitrogens with one attached hydrogen (secondary N) is 1. The van der Waals surface area contributed by atoms with Crippen LogP contribution in [0.3, 0.4) is 0 Å². The molecule has 2 atom stereocenters. The van der Waals surface area contributed by atoms with Crippen molar-refractivity contribution < 1.29 is 4.74 Å². The van der Waals surface area contributed by atoms with Crippen LogP contribution < -0.4 is 15.8 Å². The lowest BCUT2D eigenvalue weighted by atomic mass is 9.94. The second-order valence-electron chi connectivity index (χ2n) is 5.27. The molecule has 100 valence electrons. The average Bonchev–Trinajstić information content (AvgIpc) is 2.32. The zero-order valence-electron chi connectivity index (χ0n) is 11.4. The van der Waals surface area contributed by atoms with Gasteiger partial charge >= 0.3 is 0 Å². The summed E-state index contributed by atoms with van der Waals surface area (Å²) in [5.74, 6) is 1.44. The van der Waals surface area contributed by atoms with Crippen molar-refractivity contribution in [3.8, 4) is 5.75 Å². The van der Waals surface area contributed by atoms with Crippen molar-refractivity contribution in [1.82, 2.24) is 4.90 Å². The lowest BCUT2D eigenvalue weighted by molar-refractivity contribution is 0.206. The lowest BCUT2D eigenvalue weighted by Gasteiger charge is -2.35. The SMILES string of the molecule is COc1cc(N)cc(NC2CCN(C)CC2C)c1. The number of piperidine rings is 1. The number of anilines is 2. The molecule has 0 radical (unpaired) electrons. The number of hydrogen-bond acceptors (Lipinski definition) is 4. The highest BCUT2D eigenvalue weighted by atomic mass is 16.5. The minimum Gasteiger partial charge on any atom is -0.497 e. The van der Waals surface area contributed by atoms with Crippen LogP contribution in [0.4, 0.5) is 11.4 Å². The van der Waals surface area contributed by atoms with E-state index in [9.17, 15) is 0 Å². The fraction of sp³-hybridized carbons (Fsp3) is 0.571. The van der Waals surface area contributed by atoms with E-state index in [2.05, 4.69) is 24.2 Å². The molecule has 0 spiro atoms. The van der Waals surface area contributed by atoms with Crippen molar-refractivity contribution in [2.75, 3.05) is 38.3 Å². The Balaban J connectivity index is 2.06. The molecule has 1 aromatic carbocycles. The van der Waals surface area contributed by atoms with Crippen LogP contribution >= 0.6 is 0 Å².